The second-order valence-electron chi connectivity index (χ2n) is 7.90. The van der Waals surface area contributed by atoms with Crippen LogP contribution >= 0.6 is 0 Å². The van der Waals surface area contributed by atoms with E-state index in [0.29, 0.717) is 29.7 Å². The molecule has 0 aliphatic rings. The number of nitrogens with one attached hydrogen (secondary N) is 2. The summed E-state index contributed by atoms with van der Waals surface area (Å²) in [6.07, 6.45) is 4.09. The van der Waals surface area contributed by atoms with Gasteiger partial charge in [0.15, 0.2) is 0 Å². The molecule has 1 amide bonds. The minimum Gasteiger partial charge on any atom is -0.481 e. The first-order valence-electron chi connectivity index (χ1n) is 11.3. The molecule has 0 aliphatic heterocycles. The number of benzene rings is 1. The molecule has 2 N–H and O–H groups in total. The van der Waals surface area contributed by atoms with Crippen LogP contribution in [0.2, 0.25) is 0 Å². The Morgan fingerprint density at radius 2 is 1.80 bits per heavy atom. The van der Waals surface area contributed by atoms with Crippen molar-refractivity contribution in [2.75, 3.05) is 33.1 Å². The lowest BCUT2D eigenvalue weighted by Gasteiger charge is -2.19. The summed E-state index contributed by atoms with van der Waals surface area (Å²) in [6.45, 7) is 2.77. The van der Waals surface area contributed by atoms with E-state index in [1.165, 1.54) is 6.33 Å². The lowest BCUT2D eigenvalue weighted by atomic mass is 9.92. The average Bonchev–Trinajstić information content (AvgIpc) is 2.92. The molecule has 1 unspecified atom stereocenters. The Morgan fingerprint density at radius 3 is 2.49 bits per heavy atom. The van der Waals surface area contributed by atoms with E-state index in [9.17, 15) is 4.79 Å². The van der Waals surface area contributed by atoms with Gasteiger partial charge in [0.1, 0.15) is 12.1 Å². The van der Waals surface area contributed by atoms with Gasteiger partial charge in [0.25, 0.3) is 5.91 Å². The molecule has 0 bridgehead atoms. The average molecular weight is 473 g/mol. The predicted molar refractivity (Wildman–Crippen MR) is 135 cm³/mol. The fourth-order valence-corrected chi connectivity index (χ4v) is 4.01. The monoisotopic (exact) mass is 472 g/mol. The zero-order chi connectivity index (χ0) is 24.8. The van der Waals surface area contributed by atoms with Crippen molar-refractivity contribution in [3.8, 4) is 23.0 Å². The lowest BCUT2D eigenvalue weighted by molar-refractivity contribution is 0.0964. The summed E-state index contributed by atoms with van der Waals surface area (Å²) in [5, 5.41) is 6.98. The number of pyridine rings is 2. The van der Waals surface area contributed by atoms with E-state index in [1.54, 1.807) is 45.7 Å². The third kappa shape index (κ3) is 5.13. The molecule has 4 aromatic rings. The molecule has 0 saturated heterocycles. The van der Waals surface area contributed by atoms with Crippen LogP contribution in [0.25, 0.3) is 22.2 Å². The SMILES string of the molecule is CCC(CNc1cc(-c2cc(OC)nc(OC)c2)ncn1)c1cccc2c(C(=O)NC)ccnc12. The zero-order valence-electron chi connectivity index (χ0n) is 20.2. The lowest BCUT2D eigenvalue weighted by Crippen LogP contribution is -2.18. The van der Waals surface area contributed by atoms with Crippen LogP contribution in [0.1, 0.15) is 35.2 Å². The number of ether oxygens (including phenoxy) is 2. The number of rotatable bonds is 9. The van der Waals surface area contributed by atoms with Gasteiger partial charge in [-0.05, 0) is 18.1 Å². The van der Waals surface area contributed by atoms with E-state index in [2.05, 4.69) is 43.6 Å². The summed E-state index contributed by atoms with van der Waals surface area (Å²) in [6, 6.07) is 13.2. The Labute approximate surface area is 204 Å². The molecular weight excluding hydrogens is 444 g/mol. The Hall–Kier alpha value is -4.27. The minimum atomic E-state index is -0.126. The molecule has 0 radical (unpaired) electrons. The van der Waals surface area contributed by atoms with E-state index in [0.717, 1.165) is 34.1 Å². The number of hydrogen-bond donors (Lipinski definition) is 2. The highest BCUT2D eigenvalue weighted by atomic mass is 16.5. The second kappa shape index (κ2) is 10.8. The number of methoxy groups -OCH3 is 2. The number of carbonyl (C=O) groups is 1. The summed E-state index contributed by atoms with van der Waals surface area (Å²) >= 11 is 0. The highest BCUT2D eigenvalue weighted by Crippen LogP contribution is 2.30. The molecule has 0 saturated carbocycles. The number of anilines is 1. The third-order valence-electron chi connectivity index (χ3n) is 5.90. The zero-order valence-corrected chi connectivity index (χ0v) is 20.2. The summed E-state index contributed by atoms with van der Waals surface area (Å²) in [5.41, 5.74) is 4.07. The molecule has 3 aromatic heterocycles. The first-order valence-corrected chi connectivity index (χ1v) is 11.3. The van der Waals surface area contributed by atoms with Crippen molar-refractivity contribution in [1.29, 1.82) is 0 Å². The van der Waals surface area contributed by atoms with Crippen molar-refractivity contribution >= 4 is 22.6 Å². The number of para-hydroxylation sites is 1. The molecule has 4 rings (SSSR count). The molecule has 35 heavy (non-hydrogen) atoms. The highest BCUT2D eigenvalue weighted by molar-refractivity contribution is 6.06. The van der Waals surface area contributed by atoms with Crippen molar-refractivity contribution in [2.24, 2.45) is 0 Å². The van der Waals surface area contributed by atoms with Crippen molar-refractivity contribution in [2.45, 2.75) is 19.3 Å². The first-order chi connectivity index (χ1) is 17.1. The van der Waals surface area contributed by atoms with Crippen molar-refractivity contribution in [1.82, 2.24) is 25.3 Å². The number of hydrogen-bond acceptors (Lipinski definition) is 8. The van der Waals surface area contributed by atoms with Crippen LogP contribution in [-0.2, 0) is 0 Å². The van der Waals surface area contributed by atoms with Gasteiger partial charge in [0.05, 0.1) is 31.0 Å². The normalized spacial score (nSPS) is 11.7. The van der Waals surface area contributed by atoms with E-state index in [-0.39, 0.29) is 11.8 Å². The topological polar surface area (TPSA) is 111 Å². The van der Waals surface area contributed by atoms with Gasteiger partial charge < -0.3 is 20.1 Å². The van der Waals surface area contributed by atoms with Crippen LogP contribution in [0, 0.1) is 0 Å². The summed E-state index contributed by atoms with van der Waals surface area (Å²) in [5.74, 6) is 1.61. The Bertz CT molecular complexity index is 1320. The number of amides is 1. The molecule has 1 atom stereocenters. The Morgan fingerprint density at radius 1 is 1.03 bits per heavy atom. The molecule has 0 fully saturated rings. The highest BCUT2D eigenvalue weighted by Gasteiger charge is 2.17. The molecule has 3 heterocycles. The van der Waals surface area contributed by atoms with Gasteiger partial charge in [-0.3, -0.25) is 9.78 Å². The smallest absolute Gasteiger partial charge is 0.251 e. The molecule has 180 valence electrons. The number of aromatic nitrogens is 4. The van der Waals surface area contributed by atoms with Gasteiger partial charge in [0, 0.05) is 54.9 Å². The maximum absolute atomic E-state index is 12.3. The molecular formula is C26H28N6O3. The van der Waals surface area contributed by atoms with Crippen molar-refractivity contribution in [3.63, 3.8) is 0 Å². The Kier molecular flexibility index (Phi) is 7.35. The predicted octanol–water partition coefficient (Wildman–Crippen LogP) is 4.07. The van der Waals surface area contributed by atoms with Crippen LogP contribution < -0.4 is 20.1 Å². The number of fused-ring (bicyclic) bond motifs is 1. The van der Waals surface area contributed by atoms with E-state index in [4.69, 9.17) is 9.47 Å². The minimum absolute atomic E-state index is 0.126. The summed E-state index contributed by atoms with van der Waals surface area (Å²) in [4.78, 5) is 30.0. The largest absolute Gasteiger partial charge is 0.481 e. The number of carbonyl (C=O) groups excluding carboxylic acids is 1. The van der Waals surface area contributed by atoms with E-state index in [1.807, 2.05) is 18.2 Å². The van der Waals surface area contributed by atoms with Crippen molar-refractivity contribution in [3.05, 3.63) is 66.1 Å². The van der Waals surface area contributed by atoms with Crippen LogP contribution in [0.5, 0.6) is 11.8 Å². The fraction of sp³-hybridized carbons (Fsp3) is 0.269. The standard InChI is InChI=1S/C26H28N6O3/c1-5-16(18-7-6-8-19-20(26(33)27-2)9-10-28-25(18)19)14-29-22-13-21(30-15-31-22)17-11-23(34-3)32-24(12-17)35-4/h6-13,15-16H,5,14H2,1-4H3,(H,27,33)(H,29,30,31). The Balaban J connectivity index is 1.59. The van der Waals surface area contributed by atoms with E-state index >= 15 is 0 Å². The van der Waals surface area contributed by atoms with Gasteiger partial charge in [-0.25, -0.2) is 9.97 Å². The van der Waals surface area contributed by atoms with Gasteiger partial charge in [0.2, 0.25) is 11.8 Å². The maximum atomic E-state index is 12.3. The number of nitrogens with zero attached hydrogens (tertiary/aromatic N) is 4. The van der Waals surface area contributed by atoms with E-state index < -0.39 is 0 Å². The molecule has 0 aliphatic carbocycles. The van der Waals surface area contributed by atoms with Gasteiger partial charge in [-0.1, -0.05) is 25.1 Å². The van der Waals surface area contributed by atoms with Gasteiger partial charge in [-0.2, -0.15) is 4.98 Å². The molecule has 1 aromatic carbocycles. The van der Waals surface area contributed by atoms with Gasteiger partial charge in [-0.15, -0.1) is 0 Å². The second-order valence-corrected chi connectivity index (χ2v) is 7.90. The van der Waals surface area contributed by atoms with Crippen LogP contribution in [0.3, 0.4) is 0 Å². The van der Waals surface area contributed by atoms with Crippen LogP contribution in [0.4, 0.5) is 5.82 Å². The summed E-state index contributed by atoms with van der Waals surface area (Å²) in [7, 11) is 4.75. The van der Waals surface area contributed by atoms with Crippen molar-refractivity contribution < 1.29 is 14.3 Å². The third-order valence-corrected chi connectivity index (χ3v) is 5.90. The van der Waals surface area contributed by atoms with Gasteiger partial charge >= 0.3 is 0 Å². The van der Waals surface area contributed by atoms with Crippen LogP contribution in [-0.4, -0.2) is 53.7 Å². The quantitative estimate of drug-likeness (QED) is 0.375. The molecule has 0 spiro atoms. The molecule has 9 nitrogen and oxygen atoms in total. The molecule has 9 heteroatoms. The summed E-state index contributed by atoms with van der Waals surface area (Å²) < 4.78 is 10.6. The fourth-order valence-electron chi connectivity index (χ4n) is 4.01. The van der Waals surface area contributed by atoms with Crippen LogP contribution in [0.15, 0.2) is 55.0 Å². The first kappa shape index (κ1) is 23.9. The maximum Gasteiger partial charge on any atom is 0.251 e.